The van der Waals surface area contributed by atoms with E-state index in [1.54, 1.807) is 0 Å². The van der Waals surface area contributed by atoms with E-state index in [0.717, 1.165) is 50.6 Å². The van der Waals surface area contributed by atoms with Crippen LogP contribution in [0.25, 0.3) is 11.1 Å². The van der Waals surface area contributed by atoms with E-state index in [2.05, 4.69) is 58.3 Å². The summed E-state index contributed by atoms with van der Waals surface area (Å²) < 4.78 is 11.8. The molecule has 4 nitrogen and oxygen atoms in total. The van der Waals surface area contributed by atoms with Crippen molar-refractivity contribution in [3.8, 4) is 22.6 Å². The van der Waals surface area contributed by atoms with Crippen molar-refractivity contribution in [2.24, 2.45) is 0 Å². The van der Waals surface area contributed by atoms with E-state index in [4.69, 9.17) is 9.47 Å². The van der Waals surface area contributed by atoms with Crippen molar-refractivity contribution in [1.82, 2.24) is 9.80 Å². The van der Waals surface area contributed by atoms with Gasteiger partial charge in [-0.3, -0.25) is 0 Å². The average Bonchev–Trinajstić information content (AvgIpc) is 3.50. The molecular formula is C26H36N2O2. The molecule has 0 bridgehead atoms. The molecule has 0 atom stereocenters. The van der Waals surface area contributed by atoms with Gasteiger partial charge in [-0.2, -0.15) is 0 Å². The summed E-state index contributed by atoms with van der Waals surface area (Å²) in [5, 5.41) is 0. The summed E-state index contributed by atoms with van der Waals surface area (Å²) in [6.07, 6.45) is 7.62. The molecule has 2 aromatic rings. The fourth-order valence-electron chi connectivity index (χ4n) is 4.46. The molecule has 30 heavy (non-hydrogen) atoms. The second-order valence-corrected chi connectivity index (χ2v) is 8.55. The van der Waals surface area contributed by atoms with E-state index in [1.807, 2.05) is 0 Å². The number of benzene rings is 2. The van der Waals surface area contributed by atoms with Gasteiger partial charge in [0.05, 0.1) is 13.2 Å². The van der Waals surface area contributed by atoms with Gasteiger partial charge < -0.3 is 19.3 Å². The minimum atomic E-state index is 0.791. The van der Waals surface area contributed by atoms with E-state index >= 15 is 0 Å². The van der Waals surface area contributed by atoms with Gasteiger partial charge in [-0.25, -0.2) is 0 Å². The Morgan fingerprint density at radius 2 is 0.900 bits per heavy atom. The maximum absolute atomic E-state index is 5.92. The smallest absolute Gasteiger partial charge is 0.119 e. The van der Waals surface area contributed by atoms with E-state index in [1.165, 1.54) is 63.0 Å². The monoisotopic (exact) mass is 408 g/mol. The van der Waals surface area contributed by atoms with Crippen molar-refractivity contribution in [3.05, 3.63) is 48.5 Å². The van der Waals surface area contributed by atoms with Gasteiger partial charge in [0.1, 0.15) is 11.5 Å². The molecule has 4 heteroatoms. The highest BCUT2D eigenvalue weighted by molar-refractivity contribution is 5.64. The molecule has 0 radical (unpaired) electrons. The van der Waals surface area contributed by atoms with Crippen LogP contribution in [0.15, 0.2) is 48.5 Å². The van der Waals surface area contributed by atoms with Crippen LogP contribution in [0.5, 0.6) is 11.5 Å². The summed E-state index contributed by atoms with van der Waals surface area (Å²) >= 11 is 0. The van der Waals surface area contributed by atoms with Gasteiger partial charge >= 0.3 is 0 Å². The molecule has 4 rings (SSSR count). The van der Waals surface area contributed by atoms with Gasteiger partial charge in [-0.1, -0.05) is 24.3 Å². The molecule has 0 amide bonds. The summed E-state index contributed by atoms with van der Waals surface area (Å²) in [6, 6.07) is 16.9. The highest BCUT2D eigenvalue weighted by Crippen LogP contribution is 2.25. The summed E-state index contributed by atoms with van der Waals surface area (Å²) in [5.41, 5.74) is 2.42. The molecule has 2 fully saturated rings. The summed E-state index contributed by atoms with van der Waals surface area (Å²) in [5.74, 6) is 1.91. The van der Waals surface area contributed by atoms with Gasteiger partial charge in [0, 0.05) is 13.1 Å². The molecule has 0 aliphatic carbocycles. The van der Waals surface area contributed by atoms with Crippen LogP contribution >= 0.6 is 0 Å². The standard InChI is InChI=1S/C26H36N2O2/c1-2-16-27(15-1)19-5-21-29-25-11-7-23(8-12-25)24-9-13-26(14-10-24)30-22-6-20-28-17-3-4-18-28/h7-14H,1-6,15-22H2. The lowest BCUT2D eigenvalue weighted by molar-refractivity contribution is 0.263. The first-order chi connectivity index (χ1) is 14.9. The van der Waals surface area contributed by atoms with Gasteiger partial charge in [0.15, 0.2) is 0 Å². The van der Waals surface area contributed by atoms with Crippen molar-refractivity contribution >= 4 is 0 Å². The lowest BCUT2D eigenvalue weighted by atomic mass is 10.1. The predicted octanol–water partition coefficient (Wildman–Crippen LogP) is 5.08. The Balaban J connectivity index is 1.17. The maximum atomic E-state index is 5.92. The first kappa shape index (κ1) is 21.2. The Hall–Kier alpha value is -2.04. The normalized spacial score (nSPS) is 17.5. The Morgan fingerprint density at radius 1 is 0.533 bits per heavy atom. The molecule has 0 unspecified atom stereocenters. The second-order valence-electron chi connectivity index (χ2n) is 8.55. The van der Waals surface area contributed by atoms with Gasteiger partial charge in [0.25, 0.3) is 0 Å². The SMILES string of the molecule is c1cc(-c2ccc(OCCCN3CCCC3)cc2)ccc1OCCCN1CCCC1. The quantitative estimate of drug-likeness (QED) is 0.484. The van der Waals surface area contributed by atoms with Crippen molar-refractivity contribution in [2.75, 3.05) is 52.5 Å². The Labute approximate surface area is 181 Å². The van der Waals surface area contributed by atoms with Crippen LogP contribution < -0.4 is 9.47 Å². The highest BCUT2D eigenvalue weighted by Gasteiger charge is 2.11. The summed E-state index contributed by atoms with van der Waals surface area (Å²) in [7, 11) is 0. The van der Waals surface area contributed by atoms with Crippen LogP contribution in [0.1, 0.15) is 38.5 Å². The van der Waals surface area contributed by atoms with Crippen molar-refractivity contribution in [1.29, 1.82) is 0 Å². The molecule has 0 spiro atoms. The maximum Gasteiger partial charge on any atom is 0.119 e. The number of hydrogen-bond acceptors (Lipinski definition) is 4. The molecule has 2 aliphatic heterocycles. The molecule has 162 valence electrons. The highest BCUT2D eigenvalue weighted by atomic mass is 16.5. The summed E-state index contributed by atoms with van der Waals surface area (Å²) in [6.45, 7) is 8.94. The summed E-state index contributed by atoms with van der Waals surface area (Å²) in [4.78, 5) is 5.07. The second kappa shape index (κ2) is 11.4. The fourth-order valence-corrected chi connectivity index (χ4v) is 4.46. The van der Waals surface area contributed by atoms with Gasteiger partial charge in [-0.05, 0) is 100 Å². The third-order valence-corrected chi connectivity index (χ3v) is 6.21. The minimum absolute atomic E-state index is 0.791. The average molecular weight is 409 g/mol. The first-order valence-electron chi connectivity index (χ1n) is 11.8. The first-order valence-corrected chi connectivity index (χ1v) is 11.8. The van der Waals surface area contributed by atoms with Crippen molar-refractivity contribution < 1.29 is 9.47 Å². The Morgan fingerprint density at radius 3 is 1.27 bits per heavy atom. The molecule has 0 aromatic heterocycles. The van der Waals surface area contributed by atoms with Gasteiger partial charge in [-0.15, -0.1) is 0 Å². The minimum Gasteiger partial charge on any atom is -0.494 e. The van der Waals surface area contributed by atoms with Crippen LogP contribution in [0.2, 0.25) is 0 Å². The Bertz CT molecular complexity index is 667. The molecule has 2 aliphatic rings. The van der Waals surface area contributed by atoms with Crippen molar-refractivity contribution in [2.45, 2.75) is 38.5 Å². The molecule has 2 heterocycles. The molecule has 0 saturated carbocycles. The predicted molar refractivity (Wildman–Crippen MR) is 123 cm³/mol. The zero-order valence-corrected chi connectivity index (χ0v) is 18.2. The van der Waals surface area contributed by atoms with Crippen LogP contribution in [0.3, 0.4) is 0 Å². The number of nitrogens with zero attached hydrogens (tertiary/aromatic N) is 2. The third-order valence-electron chi connectivity index (χ3n) is 6.21. The fraction of sp³-hybridized carbons (Fsp3) is 0.538. The number of rotatable bonds is 11. The van der Waals surface area contributed by atoms with Crippen LogP contribution in [0, 0.1) is 0 Å². The largest absolute Gasteiger partial charge is 0.494 e. The molecular weight excluding hydrogens is 372 g/mol. The topological polar surface area (TPSA) is 24.9 Å². The molecule has 0 N–H and O–H groups in total. The van der Waals surface area contributed by atoms with Crippen LogP contribution in [-0.2, 0) is 0 Å². The third kappa shape index (κ3) is 6.48. The van der Waals surface area contributed by atoms with Crippen molar-refractivity contribution in [3.63, 3.8) is 0 Å². The molecule has 2 saturated heterocycles. The van der Waals surface area contributed by atoms with Crippen LogP contribution in [-0.4, -0.2) is 62.3 Å². The van der Waals surface area contributed by atoms with Crippen LogP contribution in [0.4, 0.5) is 0 Å². The number of ether oxygens (including phenoxy) is 2. The number of hydrogen-bond donors (Lipinski definition) is 0. The lowest BCUT2D eigenvalue weighted by Crippen LogP contribution is -2.21. The lowest BCUT2D eigenvalue weighted by Gasteiger charge is -2.15. The zero-order chi connectivity index (χ0) is 20.4. The molecule has 2 aromatic carbocycles. The van der Waals surface area contributed by atoms with E-state index < -0.39 is 0 Å². The number of likely N-dealkylation sites (tertiary alicyclic amines) is 2. The van der Waals surface area contributed by atoms with Gasteiger partial charge in [0.2, 0.25) is 0 Å². The Kier molecular flexibility index (Phi) is 8.04. The zero-order valence-electron chi connectivity index (χ0n) is 18.2. The van der Waals surface area contributed by atoms with E-state index in [0.29, 0.717) is 0 Å². The van der Waals surface area contributed by atoms with E-state index in [9.17, 15) is 0 Å². The van der Waals surface area contributed by atoms with E-state index in [-0.39, 0.29) is 0 Å².